The quantitative estimate of drug-likeness (QED) is 0.553. The number of H-pyrrole nitrogens is 1. The lowest BCUT2D eigenvalue weighted by atomic mass is 10.1. The highest BCUT2D eigenvalue weighted by Gasteiger charge is 2.17. The molecule has 0 unspecified atom stereocenters. The highest BCUT2D eigenvalue weighted by molar-refractivity contribution is 7.18. The Morgan fingerprint density at radius 2 is 2.08 bits per heavy atom. The van der Waals surface area contributed by atoms with Crippen LogP contribution in [0.15, 0.2) is 35.1 Å². The smallest absolute Gasteiger partial charge is 0.331 e. The third-order valence-electron chi connectivity index (χ3n) is 4.19. The Balaban J connectivity index is 1.77. The minimum Gasteiger partial charge on any atom is -0.451 e. The van der Waals surface area contributed by atoms with Gasteiger partial charge in [-0.05, 0) is 44.9 Å². The molecule has 6 heteroatoms. The lowest BCUT2D eigenvalue weighted by molar-refractivity contribution is -0.142. The van der Waals surface area contributed by atoms with Gasteiger partial charge in [-0.2, -0.15) is 0 Å². The van der Waals surface area contributed by atoms with Crippen molar-refractivity contribution in [2.45, 2.75) is 33.8 Å². The summed E-state index contributed by atoms with van der Waals surface area (Å²) in [4.78, 5) is 33.3. The van der Waals surface area contributed by atoms with Gasteiger partial charge in [0.1, 0.15) is 4.83 Å². The lowest BCUT2D eigenvalue weighted by Gasteiger charge is -2.11. The fourth-order valence-electron chi connectivity index (χ4n) is 2.67. The van der Waals surface area contributed by atoms with Crippen LogP contribution in [0.25, 0.3) is 16.3 Å². The molecule has 0 spiro atoms. The molecule has 5 nitrogen and oxygen atoms in total. The Bertz CT molecular complexity index is 1060. The van der Waals surface area contributed by atoms with Crippen LogP contribution in [-0.2, 0) is 9.53 Å². The van der Waals surface area contributed by atoms with Crippen molar-refractivity contribution < 1.29 is 9.53 Å². The number of hydrogen-bond donors (Lipinski definition) is 1. The van der Waals surface area contributed by atoms with Crippen molar-refractivity contribution in [3.63, 3.8) is 0 Å². The van der Waals surface area contributed by atoms with Crippen LogP contribution in [0.2, 0.25) is 0 Å². The summed E-state index contributed by atoms with van der Waals surface area (Å²) in [6, 6.07) is 7.80. The minimum atomic E-state index is -0.649. The number of carbonyl (C=O) groups is 1. The van der Waals surface area contributed by atoms with Gasteiger partial charge in [0.15, 0.2) is 11.9 Å². The van der Waals surface area contributed by atoms with Gasteiger partial charge in [-0.1, -0.05) is 29.8 Å². The summed E-state index contributed by atoms with van der Waals surface area (Å²) in [5.74, 6) is -0.138. The monoisotopic (exact) mass is 368 g/mol. The third-order valence-corrected chi connectivity index (χ3v) is 5.29. The van der Waals surface area contributed by atoms with Crippen LogP contribution in [0.3, 0.4) is 0 Å². The molecule has 0 aliphatic rings. The van der Waals surface area contributed by atoms with Gasteiger partial charge in [0.25, 0.3) is 5.56 Å². The summed E-state index contributed by atoms with van der Waals surface area (Å²) in [6.45, 7) is 7.55. The molecule has 1 aromatic carbocycles. The van der Waals surface area contributed by atoms with Crippen LogP contribution in [0.5, 0.6) is 0 Å². The molecular formula is C20H20N2O3S. The molecule has 3 rings (SSSR count). The van der Waals surface area contributed by atoms with E-state index in [0.29, 0.717) is 16.0 Å². The topological polar surface area (TPSA) is 72.0 Å². The maximum atomic E-state index is 12.3. The molecule has 2 heterocycles. The Morgan fingerprint density at radius 3 is 2.81 bits per heavy atom. The van der Waals surface area contributed by atoms with E-state index in [0.717, 1.165) is 21.6 Å². The molecule has 1 atom stereocenters. The van der Waals surface area contributed by atoms with Gasteiger partial charge >= 0.3 is 5.97 Å². The van der Waals surface area contributed by atoms with Crippen molar-refractivity contribution in [3.05, 3.63) is 68.1 Å². The number of hydrogen-bond acceptors (Lipinski definition) is 5. The van der Waals surface area contributed by atoms with Crippen LogP contribution in [0, 0.1) is 20.8 Å². The SMILES string of the molecule is Cc1cccc(/C=C/C(=O)O[C@@H](C)c2nc3sc(C)c(C)c3c(=O)[nH]2)c1. The predicted octanol–water partition coefficient (Wildman–Crippen LogP) is 4.23. The first kappa shape index (κ1) is 18.1. The van der Waals surface area contributed by atoms with Crippen LogP contribution >= 0.6 is 11.3 Å². The summed E-state index contributed by atoms with van der Waals surface area (Å²) in [5, 5.41) is 0.606. The maximum absolute atomic E-state index is 12.3. The van der Waals surface area contributed by atoms with Gasteiger partial charge < -0.3 is 9.72 Å². The molecule has 0 saturated carbocycles. The van der Waals surface area contributed by atoms with Crippen molar-refractivity contribution in [1.82, 2.24) is 9.97 Å². The molecule has 0 aliphatic heterocycles. The molecule has 0 aliphatic carbocycles. The number of rotatable bonds is 4. The number of aromatic amines is 1. The van der Waals surface area contributed by atoms with E-state index in [9.17, 15) is 9.59 Å². The van der Waals surface area contributed by atoms with Crippen molar-refractivity contribution in [2.24, 2.45) is 0 Å². The zero-order chi connectivity index (χ0) is 18.8. The number of nitrogens with one attached hydrogen (secondary N) is 1. The van der Waals surface area contributed by atoms with E-state index in [1.165, 1.54) is 17.4 Å². The Hall–Kier alpha value is -2.73. The van der Waals surface area contributed by atoms with Crippen molar-refractivity contribution in [1.29, 1.82) is 0 Å². The molecular weight excluding hydrogens is 348 g/mol. The molecule has 0 radical (unpaired) electrons. The fourth-order valence-corrected chi connectivity index (χ4v) is 3.71. The van der Waals surface area contributed by atoms with Gasteiger partial charge in [0, 0.05) is 11.0 Å². The van der Waals surface area contributed by atoms with E-state index < -0.39 is 12.1 Å². The van der Waals surface area contributed by atoms with Crippen LogP contribution in [0.4, 0.5) is 0 Å². The number of fused-ring (bicyclic) bond motifs is 1. The first-order valence-electron chi connectivity index (χ1n) is 8.30. The van der Waals surface area contributed by atoms with Gasteiger partial charge in [-0.3, -0.25) is 4.79 Å². The number of carbonyl (C=O) groups excluding carboxylic acids is 1. The van der Waals surface area contributed by atoms with Gasteiger partial charge in [-0.25, -0.2) is 9.78 Å². The first-order chi connectivity index (χ1) is 12.3. The largest absolute Gasteiger partial charge is 0.451 e. The second-order valence-electron chi connectivity index (χ2n) is 6.24. The van der Waals surface area contributed by atoms with Crippen molar-refractivity contribution >= 4 is 33.6 Å². The molecule has 0 saturated heterocycles. The van der Waals surface area contributed by atoms with Gasteiger partial charge in [0.05, 0.1) is 5.39 Å². The summed E-state index contributed by atoms with van der Waals surface area (Å²) >= 11 is 1.47. The van der Waals surface area contributed by atoms with Crippen LogP contribution < -0.4 is 5.56 Å². The predicted molar refractivity (Wildman–Crippen MR) is 104 cm³/mol. The van der Waals surface area contributed by atoms with Crippen molar-refractivity contribution in [3.8, 4) is 0 Å². The molecule has 2 aromatic heterocycles. The number of aryl methyl sites for hydroxylation is 3. The molecule has 3 aromatic rings. The summed E-state index contributed by atoms with van der Waals surface area (Å²) in [6.07, 6.45) is 2.43. The minimum absolute atomic E-state index is 0.204. The summed E-state index contributed by atoms with van der Waals surface area (Å²) < 4.78 is 5.38. The van der Waals surface area contributed by atoms with E-state index in [1.54, 1.807) is 13.0 Å². The zero-order valence-corrected chi connectivity index (χ0v) is 15.9. The van der Waals surface area contributed by atoms with E-state index in [1.807, 2.05) is 45.0 Å². The van der Waals surface area contributed by atoms with E-state index in [-0.39, 0.29) is 5.56 Å². The highest BCUT2D eigenvalue weighted by Crippen LogP contribution is 2.26. The van der Waals surface area contributed by atoms with Crippen LogP contribution in [0.1, 0.15) is 40.4 Å². The third kappa shape index (κ3) is 3.75. The second-order valence-corrected chi connectivity index (χ2v) is 7.44. The maximum Gasteiger partial charge on any atom is 0.331 e. The number of ether oxygens (including phenoxy) is 1. The molecule has 0 fully saturated rings. The van der Waals surface area contributed by atoms with E-state index in [4.69, 9.17) is 4.74 Å². The first-order valence-corrected chi connectivity index (χ1v) is 9.12. The fraction of sp³-hybridized carbons (Fsp3) is 0.250. The summed E-state index contributed by atoms with van der Waals surface area (Å²) in [7, 11) is 0. The van der Waals surface area contributed by atoms with Gasteiger partial charge in [0.2, 0.25) is 0 Å². The Morgan fingerprint density at radius 1 is 1.31 bits per heavy atom. The molecule has 1 N–H and O–H groups in total. The standard InChI is InChI=1S/C20H20N2O3S/c1-11-6-5-7-15(10-11)8-9-16(23)25-13(3)18-21-19(24)17-12(2)14(4)26-20(17)22-18/h5-10,13H,1-4H3,(H,21,22,24)/b9-8+/t13-/m0/s1. The normalized spacial score (nSPS) is 12.6. The van der Waals surface area contributed by atoms with Crippen molar-refractivity contribution in [2.75, 3.05) is 0 Å². The summed E-state index contributed by atoms with van der Waals surface area (Å²) in [5.41, 5.74) is 2.78. The van der Waals surface area contributed by atoms with E-state index >= 15 is 0 Å². The van der Waals surface area contributed by atoms with Crippen LogP contribution in [-0.4, -0.2) is 15.9 Å². The Kier molecular flexibility index (Phi) is 5.04. The number of esters is 1. The molecule has 0 amide bonds. The molecule has 0 bridgehead atoms. The lowest BCUT2D eigenvalue weighted by Crippen LogP contribution is -2.16. The highest BCUT2D eigenvalue weighted by atomic mass is 32.1. The average molecular weight is 368 g/mol. The second kappa shape index (κ2) is 7.25. The number of nitrogens with zero attached hydrogens (tertiary/aromatic N) is 1. The van der Waals surface area contributed by atoms with E-state index in [2.05, 4.69) is 9.97 Å². The average Bonchev–Trinajstić information content (AvgIpc) is 2.87. The molecule has 134 valence electrons. The zero-order valence-electron chi connectivity index (χ0n) is 15.1. The van der Waals surface area contributed by atoms with Gasteiger partial charge in [-0.15, -0.1) is 11.3 Å². The Labute approximate surface area is 155 Å². The number of thiophene rings is 1. The molecule has 26 heavy (non-hydrogen) atoms. The number of aromatic nitrogens is 2. The number of benzene rings is 1.